The predicted octanol–water partition coefficient (Wildman–Crippen LogP) is 6.01. The van der Waals surface area contributed by atoms with E-state index in [1.165, 1.54) is 9.21 Å². The molecule has 0 bridgehead atoms. The molecule has 0 saturated heterocycles. The molecule has 3 aromatic carbocycles. The number of rotatable bonds is 13. The summed E-state index contributed by atoms with van der Waals surface area (Å²) in [5.74, 6) is -0.600. The smallest absolute Gasteiger partial charge is 0.243 e. The summed E-state index contributed by atoms with van der Waals surface area (Å²) in [6, 6.07) is 20.8. The lowest BCUT2D eigenvalue weighted by Crippen LogP contribution is -2.52. The summed E-state index contributed by atoms with van der Waals surface area (Å²) in [6.07, 6.45) is 1.70. The molecule has 0 aliphatic carbocycles. The number of nitrogens with one attached hydrogen (secondary N) is 1. The number of benzene rings is 3. The number of carbonyl (C=O) groups excluding carboxylic acids is 2. The van der Waals surface area contributed by atoms with Crippen molar-refractivity contribution in [3.63, 3.8) is 0 Å². The zero-order valence-corrected chi connectivity index (χ0v) is 26.1. The van der Waals surface area contributed by atoms with Crippen molar-refractivity contribution in [3.8, 4) is 0 Å². The maximum Gasteiger partial charge on any atom is 0.243 e. The Balaban J connectivity index is 1.93. The Morgan fingerprint density at radius 2 is 1.51 bits per heavy atom. The van der Waals surface area contributed by atoms with Crippen LogP contribution in [-0.4, -0.2) is 50.0 Å². The molecule has 41 heavy (non-hydrogen) atoms. The van der Waals surface area contributed by atoms with Crippen LogP contribution in [0.4, 0.5) is 5.69 Å². The second-order valence-corrected chi connectivity index (χ2v) is 13.0. The summed E-state index contributed by atoms with van der Waals surface area (Å²) in [7, 11) is -3.59. The minimum Gasteiger partial charge on any atom is -0.352 e. The SMILES string of the molecule is Cc1ccccc1N(CCCC(=O)N(Cc1c(Cl)cccc1Cl)[C@H](Cc1ccccc1)C(=O)NC(C)C)S(C)(=O)=O. The van der Waals surface area contributed by atoms with Crippen LogP contribution in [0.5, 0.6) is 0 Å². The Morgan fingerprint density at radius 3 is 2.10 bits per heavy atom. The van der Waals surface area contributed by atoms with Crippen LogP contribution in [0.2, 0.25) is 10.0 Å². The van der Waals surface area contributed by atoms with Crippen LogP contribution in [0.3, 0.4) is 0 Å². The summed E-state index contributed by atoms with van der Waals surface area (Å²) in [6.45, 7) is 5.70. The zero-order chi connectivity index (χ0) is 30.2. The van der Waals surface area contributed by atoms with E-state index in [0.29, 0.717) is 21.3 Å². The molecule has 10 heteroatoms. The Bertz CT molecular complexity index is 1430. The van der Waals surface area contributed by atoms with Crippen LogP contribution in [-0.2, 0) is 32.6 Å². The van der Waals surface area contributed by atoms with Gasteiger partial charge in [-0.15, -0.1) is 0 Å². The fourth-order valence-electron chi connectivity index (χ4n) is 4.61. The van der Waals surface area contributed by atoms with Crippen LogP contribution in [0.25, 0.3) is 0 Å². The van der Waals surface area contributed by atoms with Crippen LogP contribution >= 0.6 is 23.2 Å². The number of anilines is 1. The van der Waals surface area contributed by atoms with Gasteiger partial charge < -0.3 is 10.2 Å². The third-order valence-corrected chi connectivity index (χ3v) is 8.52. The van der Waals surface area contributed by atoms with Gasteiger partial charge in [0.2, 0.25) is 21.8 Å². The van der Waals surface area contributed by atoms with Crippen LogP contribution in [0.1, 0.15) is 43.4 Å². The summed E-state index contributed by atoms with van der Waals surface area (Å²) < 4.78 is 26.6. The number of amides is 2. The molecule has 0 aliphatic rings. The van der Waals surface area contributed by atoms with Gasteiger partial charge in [0, 0.05) is 47.6 Å². The second kappa shape index (κ2) is 14.7. The van der Waals surface area contributed by atoms with Crippen molar-refractivity contribution < 1.29 is 18.0 Å². The van der Waals surface area contributed by atoms with Gasteiger partial charge in [-0.1, -0.05) is 77.8 Å². The quantitative estimate of drug-likeness (QED) is 0.254. The molecule has 2 amide bonds. The predicted molar refractivity (Wildman–Crippen MR) is 167 cm³/mol. The first kappa shape index (κ1) is 32.4. The van der Waals surface area contributed by atoms with E-state index >= 15 is 0 Å². The van der Waals surface area contributed by atoms with Crippen LogP contribution in [0.15, 0.2) is 72.8 Å². The van der Waals surface area contributed by atoms with E-state index in [1.807, 2.05) is 63.2 Å². The number of aryl methyl sites for hydroxylation is 1. The number of para-hydroxylation sites is 1. The minimum atomic E-state index is -3.59. The van der Waals surface area contributed by atoms with Gasteiger partial charge in [0.15, 0.2) is 0 Å². The first-order valence-corrected chi connectivity index (χ1v) is 16.1. The van der Waals surface area contributed by atoms with E-state index in [2.05, 4.69) is 5.32 Å². The van der Waals surface area contributed by atoms with Crippen molar-refractivity contribution in [3.05, 3.63) is 99.5 Å². The molecule has 1 atom stereocenters. The zero-order valence-electron chi connectivity index (χ0n) is 23.8. The van der Waals surface area contributed by atoms with Gasteiger partial charge in [0.05, 0.1) is 11.9 Å². The van der Waals surface area contributed by atoms with Crippen molar-refractivity contribution in [1.82, 2.24) is 10.2 Å². The molecule has 0 unspecified atom stereocenters. The number of nitrogens with zero attached hydrogens (tertiary/aromatic N) is 2. The number of halogens is 2. The molecular weight excluding hydrogens is 581 g/mol. The highest BCUT2D eigenvalue weighted by atomic mass is 35.5. The second-order valence-electron chi connectivity index (χ2n) is 10.3. The Hall–Kier alpha value is -3.07. The number of hydrogen-bond acceptors (Lipinski definition) is 4. The summed E-state index contributed by atoms with van der Waals surface area (Å²) in [4.78, 5) is 29.0. The average molecular weight is 619 g/mol. The van der Waals surface area contributed by atoms with Crippen LogP contribution < -0.4 is 9.62 Å². The standard InChI is InChI=1S/C31H37Cl2N3O4S/c1-22(2)34-31(38)29(20-24-13-6-5-7-14-24)35(21-25-26(32)15-10-16-27(25)33)30(37)18-11-19-36(41(4,39)40)28-17-9-8-12-23(28)3/h5-10,12-17,22,29H,11,18-21H2,1-4H3,(H,34,38)/t29-/m1/s1. The lowest BCUT2D eigenvalue weighted by Gasteiger charge is -2.33. The monoisotopic (exact) mass is 617 g/mol. The number of sulfonamides is 1. The molecule has 3 rings (SSSR count). The first-order valence-electron chi connectivity index (χ1n) is 13.5. The number of carbonyl (C=O) groups is 2. The molecule has 0 heterocycles. The average Bonchev–Trinajstić information content (AvgIpc) is 2.90. The summed E-state index contributed by atoms with van der Waals surface area (Å²) >= 11 is 13.0. The van der Waals surface area contributed by atoms with E-state index in [9.17, 15) is 18.0 Å². The van der Waals surface area contributed by atoms with Crippen molar-refractivity contribution in [2.75, 3.05) is 17.1 Å². The van der Waals surface area contributed by atoms with Gasteiger partial charge in [-0.05, 0) is 56.5 Å². The van der Waals surface area contributed by atoms with Crippen LogP contribution in [0, 0.1) is 6.92 Å². The molecule has 220 valence electrons. The lowest BCUT2D eigenvalue weighted by atomic mass is 10.0. The van der Waals surface area contributed by atoms with Gasteiger partial charge in [-0.2, -0.15) is 0 Å². The maximum atomic E-state index is 13.9. The summed E-state index contributed by atoms with van der Waals surface area (Å²) in [5.41, 5.74) is 2.81. The van der Waals surface area contributed by atoms with Crippen molar-refractivity contribution >= 4 is 50.7 Å². The minimum absolute atomic E-state index is 0.0141. The van der Waals surface area contributed by atoms with Crippen molar-refractivity contribution in [2.24, 2.45) is 0 Å². The molecule has 1 N–H and O–H groups in total. The molecule has 0 fully saturated rings. The topological polar surface area (TPSA) is 86.8 Å². The fourth-order valence-corrected chi connectivity index (χ4v) is 6.15. The van der Waals surface area contributed by atoms with Gasteiger partial charge in [0.25, 0.3) is 0 Å². The largest absolute Gasteiger partial charge is 0.352 e. The van der Waals surface area contributed by atoms with Crippen molar-refractivity contribution in [2.45, 2.75) is 58.7 Å². The first-order chi connectivity index (χ1) is 19.4. The molecule has 0 saturated carbocycles. The number of hydrogen-bond donors (Lipinski definition) is 1. The third kappa shape index (κ3) is 9.21. The van der Waals surface area contributed by atoms with Gasteiger partial charge in [-0.3, -0.25) is 13.9 Å². The summed E-state index contributed by atoms with van der Waals surface area (Å²) in [5, 5.41) is 3.73. The normalized spacial score (nSPS) is 12.2. The highest BCUT2D eigenvalue weighted by Crippen LogP contribution is 2.28. The third-order valence-electron chi connectivity index (χ3n) is 6.63. The Kier molecular flexibility index (Phi) is 11.6. The Morgan fingerprint density at radius 1 is 0.902 bits per heavy atom. The van der Waals surface area contributed by atoms with E-state index in [1.54, 1.807) is 30.3 Å². The molecule has 0 aliphatic heterocycles. The molecule has 0 spiro atoms. The Labute approximate surface area is 253 Å². The van der Waals surface area contributed by atoms with Gasteiger partial charge >= 0.3 is 0 Å². The molecule has 0 aromatic heterocycles. The molecule has 7 nitrogen and oxygen atoms in total. The molecular formula is C31H37Cl2N3O4S. The molecule has 3 aromatic rings. The fraction of sp³-hybridized carbons (Fsp3) is 0.355. The highest BCUT2D eigenvalue weighted by molar-refractivity contribution is 7.92. The van der Waals surface area contributed by atoms with E-state index < -0.39 is 16.1 Å². The maximum absolute atomic E-state index is 13.9. The van der Waals surface area contributed by atoms with Crippen molar-refractivity contribution in [1.29, 1.82) is 0 Å². The van der Waals surface area contributed by atoms with Gasteiger partial charge in [-0.25, -0.2) is 8.42 Å². The van der Waals surface area contributed by atoms with Gasteiger partial charge in [0.1, 0.15) is 6.04 Å². The highest BCUT2D eigenvalue weighted by Gasteiger charge is 2.32. The van der Waals surface area contributed by atoms with E-state index in [-0.39, 0.29) is 50.2 Å². The van der Waals surface area contributed by atoms with E-state index in [4.69, 9.17) is 23.2 Å². The lowest BCUT2D eigenvalue weighted by molar-refractivity contribution is -0.141. The van der Waals surface area contributed by atoms with E-state index in [0.717, 1.165) is 17.4 Å². The molecule has 0 radical (unpaired) electrons.